The van der Waals surface area contributed by atoms with E-state index in [-0.39, 0.29) is 17.7 Å². The first-order valence-electron chi connectivity index (χ1n) is 5.07. The highest BCUT2D eigenvalue weighted by Gasteiger charge is 2.19. The van der Waals surface area contributed by atoms with Crippen molar-refractivity contribution in [2.75, 3.05) is 7.11 Å². The molecule has 5 nitrogen and oxygen atoms in total. The first kappa shape index (κ1) is 13.6. The van der Waals surface area contributed by atoms with Crippen LogP contribution in [-0.4, -0.2) is 18.1 Å². The zero-order valence-electron chi connectivity index (χ0n) is 9.90. The van der Waals surface area contributed by atoms with Crippen molar-refractivity contribution < 1.29 is 14.4 Å². The highest BCUT2D eigenvalue weighted by atomic mass is 35.5. The SMILES string of the molecule is COc1cc(CCl)c([N+](=O)[O-])cc1OC(C)C. The number of hydrogen-bond donors (Lipinski definition) is 0. The minimum absolute atomic E-state index is 0.0502. The molecule has 6 heteroatoms. The highest BCUT2D eigenvalue weighted by molar-refractivity contribution is 6.17. The number of ether oxygens (including phenoxy) is 2. The van der Waals surface area contributed by atoms with Gasteiger partial charge in [0.25, 0.3) is 5.69 Å². The van der Waals surface area contributed by atoms with Gasteiger partial charge in [-0.05, 0) is 19.9 Å². The van der Waals surface area contributed by atoms with E-state index in [4.69, 9.17) is 21.1 Å². The average molecular weight is 260 g/mol. The van der Waals surface area contributed by atoms with E-state index >= 15 is 0 Å². The van der Waals surface area contributed by atoms with Gasteiger partial charge in [0.2, 0.25) is 0 Å². The van der Waals surface area contributed by atoms with Crippen LogP contribution in [-0.2, 0) is 5.88 Å². The smallest absolute Gasteiger partial charge is 0.277 e. The molecule has 0 aliphatic heterocycles. The number of halogens is 1. The van der Waals surface area contributed by atoms with Crippen LogP contribution in [0.5, 0.6) is 11.5 Å². The van der Waals surface area contributed by atoms with Gasteiger partial charge in [-0.3, -0.25) is 10.1 Å². The Morgan fingerprint density at radius 2 is 2.06 bits per heavy atom. The minimum atomic E-state index is -0.482. The fraction of sp³-hybridized carbons (Fsp3) is 0.455. The van der Waals surface area contributed by atoms with Gasteiger partial charge in [0, 0.05) is 5.56 Å². The molecular formula is C11H14ClNO4. The zero-order valence-corrected chi connectivity index (χ0v) is 10.7. The van der Waals surface area contributed by atoms with E-state index in [0.29, 0.717) is 17.1 Å². The van der Waals surface area contributed by atoms with E-state index < -0.39 is 4.92 Å². The molecule has 0 aliphatic carbocycles. The quantitative estimate of drug-likeness (QED) is 0.463. The minimum Gasteiger partial charge on any atom is -0.493 e. The molecule has 0 aromatic heterocycles. The molecule has 0 fully saturated rings. The van der Waals surface area contributed by atoms with Crippen LogP contribution in [0.4, 0.5) is 5.69 Å². The van der Waals surface area contributed by atoms with Crippen molar-refractivity contribution >= 4 is 17.3 Å². The number of methoxy groups -OCH3 is 1. The molecule has 1 rings (SSSR count). The Morgan fingerprint density at radius 1 is 1.41 bits per heavy atom. The molecule has 0 unspecified atom stereocenters. The van der Waals surface area contributed by atoms with E-state index in [1.54, 1.807) is 0 Å². The molecule has 0 atom stereocenters. The molecule has 0 N–H and O–H groups in total. The molecule has 0 heterocycles. The van der Waals surface area contributed by atoms with Crippen molar-refractivity contribution in [1.82, 2.24) is 0 Å². The fourth-order valence-electron chi connectivity index (χ4n) is 1.37. The number of alkyl halides is 1. The number of benzene rings is 1. The molecule has 0 saturated heterocycles. The second kappa shape index (κ2) is 5.72. The Labute approximate surface area is 104 Å². The van der Waals surface area contributed by atoms with Crippen molar-refractivity contribution in [3.63, 3.8) is 0 Å². The van der Waals surface area contributed by atoms with Crippen LogP contribution in [0.25, 0.3) is 0 Å². The van der Waals surface area contributed by atoms with Crippen LogP contribution in [0.15, 0.2) is 12.1 Å². The molecule has 0 radical (unpaired) electrons. The molecule has 1 aromatic rings. The summed E-state index contributed by atoms with van der Waals surface area (Å²) >= 11 is 5.66. The van der Waals surface area contributed by atoms with E-state index in [1.165, 1.54) is 19.2 Å². The van der Waals surface area contributed by atoms with Gasteiger partial charge in [-0.25, -0.2) is 0 Å². The van der Waals surface area contributed by atoms with E-state index in [1.807, 2.05) is 13.8 Å². The van der Waals surface area contributed by atoms with Gasteiger partial charge >= 0.3 is 0 Å². The zero-order chi connectivity index (χ0) is 13.0. The van der Waals surface area contributed by atoms with Crippen molar-refractivity contribution in [3.8, 4) is 11.5 Å². The predicted molar refractivity (Wildman–Crippen MR) is 65.0 cm³/mol. The highest BCUT2D eigenvalue weighted by Crippen LogP contribution is 2.35. The summed E-state index contributed by atoms with van der Waals surface area (Å²) in [7, 11) is 1.48. The van der Waals surface area contributed by atoms with Crippen molar-refractivity contribution in [1.29, 1.82) is 0 Å². The van der Waals surface area contributed by atoms with Crippen molar-refractivity contribution in [3.05, 3.63) is 27.8 Å². The summed E-state index contributed by atoms with van der Waals surface area (Å²) in [6.07, 6.45) is -0.0923. The molecule has 0 amide bonds. The first-order valence-corrected chi connectivity index (χ1v) is 5.61. The number of hydrogen-bond acceptors (Lipinski definition) is 4. The molecule has 0 spiro atoms. The number of rotatable bonds is 5. The Kier molecular flexibility index (Phi) is 4.57. The molecule has 0 bridgehead atoms. The van der Waals surface area contributed by atoms with E-state index in [9.17, 15) is 10.1 Å². The van der Waals surface area contributed by atoms with Gasteiger partial charge < -0.3 is 9.47 Å². The number of nitrogens with zero attached hydrogens (tertiary/aromatic N) is 1. The average Bonchev–Trinajstić information content (AvgIpc) is 2.27. The molecular weight excluding hydrogens is 246 g/mol. The van der Waals surface area contributed by atoms with Gasteiger partial charge in [0.15, 0.2) is 11.5 Å². The summed E-state index contributed by atoms with van der Waals surface area (Å²) in [6.45, 7) is 3.67. The maximum atomic E-state index is 10.9. The fourth-order valence-corrected chi connectivity index (χ4v) is 1.59. The van der Waals surface area contributed by atoms with Crippen molar-refractivity contribution in [2.45, 2.75) is 25.8 Å². The second-order valence-corrected chi connectivity index (χ2v) is 3.96. The Bertz CT molecular complexity index is 420. The lowest BCUT2D eigenvalue weighted by Crippen LogP contribution is -2.07. The van der Waals surface area contributed by atoms with Crippen LogP contribution in [0.1, 0.15) is 19.4 Å². The maximum absolute atomic E-state index is 10.9. The number of nitro groups is 1. The summed E-state index contributed by atoms with van der Waals surface area (Å²) in [5, 5.41) is 10.9. The lowest BCUT2D eigenvalue weighted by molar-refractivity contribution is -0.385. The van der Waals surface area contributed by atoms with Crippen LogP contribution >= 0.6 is 11.6 Å². The van der Waals surface area contributed by atoms with E-state index in [2.05, 4.69) is 0 Å². The van der Waals surface area contributed by atoms with Crippen LogP contribution in [0.2, 0.25) is 0 Å². The third kappa shape index (κ3) is 3.23. The Balaban J connectivity index is 3.28. The van der Waals surface area contributed by atoms with Gasteiger partial charge in [0.1, 0.15) is 0 Å². The predicted octanol–water partition coefficient (Wildman–Crippen LogP) is 3.13. The Morgan fingerprint density at radius 3 is 2.47 bits per heavy atom. The summed E-state index contributed by atoms with van der Waals surface area (Å²) < 4.78 is 10.6. The van der Waals surface area contributed by atoms with Gasteiger partial charge in [0.05, 0.1) is 30.1 Å². The molecule has 1 aromatic carbocycles. The summed E-state index contributed by atoms with van der Waals surface area (Å²) in [6, 6.07) is 2.87. The third-order valence-corrected chi connectivity index (χ3v) is 2.36. The van der Waals surface area contributed by atoms with Gasteiger partial charge in [-0.2, -0.15) is 0 Å². The normalized spacial score (nSPS) is 10.4. The molecule has 94 valence electrons. The monoisotopic (exact) mass is 259 g/mol. The maximum Gasteiger partial charge on any atom is 0.277 e. The van der Waals surface area contributed by atoms with Crippen molar-refractivity contribution in [2.24, 2.45) is 0 Å². The second-order valence-electron chi connectivity index (χ2n) is 3.69. The molecule has 0 saturated carbocycles. The lowest BCUT2D eigenvalue weighted by atomic mass is 10.2. The summed E-state index contributed by atoms with van der Waals surface area (Å²) in [5.74, 6) is 0.845. The van der Waals surface area contributed by atoms with Crippen LogP contribution < -0.4 is 9.47 Å². The third-order valence-electron chi connectivity index (χ3n) is 2.07. The standard InChI is InChI=1S/C11H14ClNO4/c1-7(2)17-11-5-9(13(14)15)8(6-12)4-10(11)16-3/h4-5,7H,6H2,1-3H3. The van der Waals surface area contributed by atoms with E-state index in [0.717, 1.165) is 0 Å². The Hall–Kier alpha value is -1.49. The van der Waals surface area contributed by atoms with Crippen LogP contribution in [0.3, 0.4) is 0 Å². The lowest BCUT2D eigenvalue weighted by Gasteiger charge is -2.14. The topological polar surface area (TPSA) is 61.6 Å². The van der Waals surface area contributed by atoms with Gasteiger partial charge in [-0.15, -0.1) is 11.6 Å². The molecule has 17 heavy (non-hydrogen) atoms. The van der Waals surface area contributed by atoms with Crippen LogP contribution in [0, 0.1) is 10.1 Å². The molecule has 0 aliphatic rings. The number of nitro benzene ring substituents is 1. The summed E-state index contributed by atoms with van der Waals surface area (Å²) in [5.41, 5.74) is 0.348. The summed E-state index contributed by atoms with van der Waals surface area (Å²) in [4.78, 5) is 10.4. The largest absolute Gasteiger partial charge is 0.493 e. The first-order chi connectivity index (χ1) is 7.99. The van der Waals surface area contributed by atoms with Gasteiger partial charge in [-0.1, -0.05) is 0 Å².